The molecule has 0 spiro atoms. The number of alkyl halides is 3. The second-order valence-corrected chi connectivity index (χ2v) is 10.7. The van der Waals surface area contributed by atoms with Crippen LogP contribution in [0.15, 0.2) is 0 Å². The SMILES string of the molecule is CN1C[C@H]2CCC[C@@H](OS(C)(=O)=O)[C@H]2C[C@H]1C(=O)OCC(Cl)(Cl)Cl. The lowest BCUT2D eigenvalue weighted by molar-refractivity contribution is -0.154. The van der Waals surface area contributed by atoms with Crippen LogP contribution in [0.4, 0.5) is 0 Å². The third-order valence-corrected chi connectivity index (χ3v) is 5.57. The van der Waals surface area contributed by atoms with E-state index in [1.807, 2.05) is 11.9 Å². The zero-order valence-corrected chi connectivity index (χ0v) is 16.7. The van der Waals surface area contributed by atoms with Crippen LogP contribution in [0.3, 0.4) is 0 Å². The van der Waals surface area contributed by atoms with Crippen molar-refractivity contribution in [2.45, 2.75) is 41.6 Å². The summed E-state index contributed by atoms with van der Waals surface area (Å²) in [6.07, 6.45) is 3.72. The standard InChI is InChI=1S/C14H22Cl3NO5S/c1-18-7-9-4-3-5-12(23-24(2,20)21)10(9)6-11(18)13(19)22-8-14(15,16)17/h9-12H,3-8H2,1-2H3/t9-,10+,11+,12-/m1/s1. The molecule has 4 atom stereocenters. The van der Waals surface area contributed by atoms with Crippen molar-refractivity contribution < 1.29 is 22.1 Å². The fourth-order valence-corrected chi connectivity index (χ4v) is 4.54. The number of nitrogens with zero attached hydrogens (tertiary/aromatic N) is 1. The van der Waals surface area contributed by atoms with E-state index in [1.54, 1.807) is 0 Å². The second kappa shape index (κ2) is 7.84. The zero-order valence-electron chi connectivity index (χ0n) is 13.6. The van der Waals surface area contributed by atoms with Crippen molar-refractivity contribution in [2.75, 3.05) is 26.5 Å². The maximum atomic E-state index is 12.3. The van der Waals surface area contributed by atoms with Crippen molar-refractivity contribution in [1.29, 1.82) is 0 Å². The number of carbonyl (C=O) groups is 1. The largest absolute Gasteiger partial charge is 0.460 e. The predicted octanol–water partition coefficient (Wildman–Crippen LogP) is 2.37. The Kier molecular flexibility index (Phi) is 6.71. The fraction of sp³-hybridized carbons (Fsp3) is 0.929. The van der Waals surface area contributed by atoms with Gasteiger partial charge in [-0.05, 0) is 38.1 Å². The number of ether oxygens (including phenoxy) is 1. The van der Waals surface area contributed by atoms with Crippen LogP contribution in [0.5, 0.6) is 0 Å². The minimum absolute atomic E-state index is 0.00464. The van der Waals surface area contributed by atoms with Crippen LogP contribution >= 0.6 is 34.8 Å². The van der Waals surface area contributed by atoms with Gasteiger partial charge in [0.1, 0.15) is 12.6 Å². The van der Waals surface area contributed by atoms with Gasteiger partial charge in [-0.25, -0.2) is 0 Å². The van der Waals surface area contributed by atoms with Gasteiger partial charge in [0.2, 0.25) is 3.79 Å². The number of hydrogen-bond donors (Lipinski definition) is 0. The molecule has 1 aliphatic carbocycles. The summed E-state index contributed by atoms with van der Waals surface area (Å²) in [5, 5.41) is 0. The molecule has 0 radical (unpaired) electrons. The van der Waals surface area contributed by atoms with Gasteiger partial charge in [0.15, 0.2) is 0 Å². The van der Waals surface area contributed by atoms with Gasteiger partial charge in [-0.15, -0.1) is 0 Å². The van der Waals surface area contributed by atoms with Gasteiger partial charge in [0.05, 0.1) is 12.4 Å². The number of piperidine rings is 1. The Bertz CT molecular complexity index is 565. The number of likely N-dealkylation sites (tertiary alicyclic amines) is 1. The maximum absolute atomic E-state index is 12.3. The van der Waals surface area contributed by atoms with Gasteiger partial charge >= 0.3 is 5.97 Å². The summed E-state index contributed by atoms with van der Waals surface area (Å²) in [6.45, 7) is 0.361. The van der Waals surface area contributed by atoms with Gasteiger partial charge < -0.3 is 4.74 Å². The van der Waals surface area contributed by atoms with E-state index < -0.39 is 32.0 Å². The number of carbonyl (C=O) groups excluding carboxylic acids is 1. The van der Waals surface area contributed by atoms with E-state index in [-0.39, 0.29) is 12.5 Å². The number of rotatable bonds is 4. The normalized spacial score (nSPS) is 32.2. The third kappa shape index (κ3) is 5.88. The van der Waals surface area contributed by atoms with Crippen molar-refractivity contribution in [1.82, 2.24) is 4.90 Å². The number of esters is 1. The van der Waals surface area contributed by atoms with Crippen molar-refractivity contribution >= 4 is 50.9 Å². The molecule has 0 unspecified atom stereocenters. The van der Waals surface area contributed by atoms with E-state index in [1.165, 1.54) is 0 Å². The number of halogens is 3. The zero-order chi connectivity index (χ0) is 18.1. The molecule has 0 N–H and O–H groups in total. The Morgan fingerprint density at radius 3 is 2.54 bits per heavy atom. The Morgan fingerprint density at radius 2 is 1.96 bits per heavy atom. The van der Waals surface area contributed by atoms with Crippen molar-refractivity contribution in [3.05, 3.63) is 0 Å². The Hall–Kier alpha value is 0.210. The van der Waals surface area contributed by atoms with Gasteiger partial charge in [0.25, 0.3) is 10.1 Å². The quantitative estimate of drug-likeness (QED) is 0.393. The van der Waals surface area contributed by atoms with Gasteiger partial charge in [-0.2, -0.15) is 8.42 Å². The summed E-state index contributed by atoms with van der Waals surface area (Å²) < 4.78 is 31.7. The van der Waals surface area contributed by atoms with Crippen molar-refractivity contribution in [3.8, 4) is 0 Å². The lowest BCUT2D eigenvalue weighted by Crippen LogP contribution is -2.54. The molecule has 24 heavy (non-hydrogen) atoms. The lowest BCUT2D eigenvalue weighted by atomic mass is 9.71. The Labute approximate surface area is 157 Å². The van der Waals surface area contributed by atoms with Gasteiger partial charge in [-0.1, -0.05) is 41.2 Å². The van der Waals surface area contributed by atoms with Crippen LogP contribution in [0.1, 0.15) is 25.7 Å². The average molecular weight is 423 g/mol. The smallest absolute Gasteiger partial charge is 0.323 e. The first-order valence-corrected chi connectivity index (χ1v) is 10.7. The Balaban J connectivity index is 2.06. The van der Waals surface area contributed by atoms with E-state index in [2.05, 4.69) is 0 Å². The first-order valence-electron chi connectivity index (χ1n) is 7.78. The molecule has 0 amide bonds. The molecule has 0 aromatic heterocycles. The third-order valence-electron chi connectivity index (χ3n) is 4.65. The summed E-state index contributed by atoms with van der Waals surface area (Å²) in [4.78, 5) is 14.2. The van der Waals surface area contributed by atoms with Crippen molar-refractivity contribution in [3.63, 3.8) is 0 Å². The molecule has 1 aliphatic heterocycles. The highest BCUT2D eigenvalue weighted by Gasteiger charge is 2.44. The van der Waals surface area contributed by atoms with Gasteiger partial charge in [0, 0.05) is 6.54 Å². The monoisotopic (exact) mass is 421 g/mol. The molecule has 1 saturated carbocycles. The van der Waals surface area contributed by atoms with Gasteiger partial charge in [-0.3, -0.25) is 13.9 Å². The molecule has 0 aromatic rings. The predicted molar refractivity (Wildman–Crippen MR) is 92.8 cm³/mol. The Morgan fingerprint density at radius 1 is 1.29 bits per heavy atom. The molecular formula is C14H22Cl3NO5S. The molecule has 1 heterocycles. The van der Waals surface area contributed by atoms with Crippen LogP contribution in [-0.2, 0) is 23.8 Å². The second-order valence-electron chi connectivity index (χ2n) is 6.61. The summed E-state index contributed by atoms with van der Waals surface area (Å²) in [6, 6.07) is -0.498. The molecule has 0 bridgehead atoms. The molecular weight excluding hydrogens is 401 g/mol. The first kappa shape index (κ1) is 20.5. The summed E-state index contributed by atoms with van der Waals surface area (Å²) in [5.41, 5.74) is 0. The maximum Gasteiger partial charge on any atom is 0.323 e. The fourth-order valence-electron chi connectivity index (χ4n) is 3.69. The number of fused-ring (bicyclic) bond motifs is 1. The lowest BCUT2D eigenvalue weighted by Gasteiger charge is -2.46. The number of hydrogen-bond acceptors (Lipinski definition) is 6. The molecule has 1 saturated heterocycles. The molecule has 0 aromatic carbocycles. The minimum Gasteiger partial charge on any atom is -0.460 e. The molecule has 10 heteroatoms. The average Bonchev–Trinajstić information content (AvgIpc) is 2.42. The van der Waals surface area contributed by atoms with Crippen molar-refractivity contribution in [2.24, 2.45) is 11.8 Å². The molecule has 2 fully saturated rings. The highest BCUT2D eigenvalue weighted by atomic mass is 35.6. The van der Waals surface area contributed by atoms with Crippen LogP contribution in [0.2, 0.25) is 0 Å². The summed E-state index contributed by atoms with van der Waals surface area (Å²) >= 11 is 16.8. The number of likely N-dealkylation sites (N-methyl/N-ethyl adjacent to an activating group) is 1. The van der Waals surface area contributed by atoms with E-state index in [0.717, 1.165) is 19.1 Å². The highest BCUT2D eigenvalue weighted by molar-refractivity contribution is 7.86. The van der Waals surface area contributed by atoms with Crippen LogP contribution in [0.25, 0.3) is 0 Å². The van der Waals surface area contributed by atoms with E-state index in [9.17, 15) is 13.2 Å². The van der Waals surface area contributed by atoms with E-state index in [0.29, 0.717) is 25.3 Å². The molecule has 2 rings (SSSR count). The van der Waals surface area contributed by atoms with E-state index in [4.69, 9.17) is 43.7 Å². The van der Waals surface area contributed by atoms with Crippen LogP contribution < -0.4 is 0 Å². The topological polar surface area (TPSA) is 72.9 Å². The van der Waals surface area contributed by atoms with Crippen LogP contribution in [-0.4, -0.2) is 61.7 Å². The van der Waals surface area contributed by atoms with Crippen LogP contribution in [0, 0.1) is 11.8 Å². The minimum atomic E-state index is -3.54. The highest BCUT2D eigenvalue weighted by Crippen LogP contribution is 2.40. The summed E-state index contributed by atoms with van der Waals surface area (Å²) in [7, 11) is -1.69. The summed E-state index contributed by atoms with van der Waals surface area (Å²) in [5.74, 6) is -0.173. The molecule has 140 valence electrons. The first-order chi connectivity index (χ1) is 11.0. The van der Waals surface area contributed by atoms with E-state index >= 15 is 0 Å². The molecule has 6 nitrogen and oxygen atoms in total. The molecule has 2 aliphatic rings.